The number of urea groups is 1. The maximum atomic E-state index is 11.7. The van der Waals surface area contributed by atoms with E-state index in [-0.39, 0.29) is 24.9 Å². The number of carbonyl (C=O) groups is 2. The van der Waals surface area contributed by atoms with Gasteiger partial charge < -0.3 is 11.1 Å². The lowest BCUT2D eigenvalue weighted by molar-refractivity contribution is -0.121. The number of imide groups is 1. The van der Waals surface area contributed by atoms with Crippen molar-refractivity contribution >= 4 is 24.3 Å². The molecule has 3 amide bonds. The molecule has 6 nitrogen and oxygen atoms in total. The molecule has 0 radical (unpaired) electrons. The van der Waals surface area contributed by atoms with Gasteiger partial charge in [-0.25, -0.2) is 4.79 Å². The second kappa shape index (κ2) is 11.1. The van der Waals surface area contributed by atoms with Crippen LogP contribution >= 0.6 is 12.4 Å². The fourth-order valence-electron chi connectivity index (χ4n) is 1.82. The zero-order chi connectivity index (χ0) is 14.8. The fraction of sp³-hybridized carbons (Fsp3) is 0.429. The highest BCUT2D eigenvalue weighted by molar-refractivity contribution is 5.95. The number of carbonyl (C=O) groups excluding carboxylic acids is 2. The summed E-state index contributed by atoms with van der Waals surface area (Å²) in [4.78, 5) is 24.6. The van der Waals surface area contributed by atoms with Gasteiger partial charge in [0.25, 0.3) is 0 Å². The van der Waals surface area contributed by atoms with E-state index >= 15 is 0 Å². The van der Waals surface area contributed by atoms with Crippen LogP contribution in [0.2, 0.25) is 0 Å². The third kappa shape index (κ3) is 8.29. The van der Waals surface area contributed by atoms with Crippen molar-refractivity contribution in [1.29, 1.82) is 0 Å². The van der Waals surface area contributed by atoms with E-state index in [2.05, 4.69) is 10.6 Å². The summed E-state index contributed by atoms with van der Waals surface area (Å²) in [7, 11) is 1.47. The van der Waals surface area contributed by atoms with E-state index in [0.717, 1.165) is 13.0 Å². The largest absolute Gasteiger partial charge is 0.341 e. The number of benzene rings is 1. The van der Waals surface area contributed by atoms with Crippen LogP contribution in [-0.2, 0) is 11.2 Å². The summed E-state index contributed by atoms with van der Waals surface area (Å²) in [5, 5.41) is 4.59. The van der Waals surface area contributed by atoms with Gasteiger partial charge in [0.05, 0.1) is 6.54 Å². The number of amides is 3. The average Bonchev–Trinajstić information content (AvgIpc) is 2.46. The predicted octanol–water partition coefficient (Wildman–Crippen LogP) is 0.367. The monoisotopic (exact) mass is 314 g/mol. The molecule has 0 saturated heterocycles. The molecule has 0 aliphatic carbocycles. The van der Waals surface area contributed by atoms with Crippen molar-refractivity contribution in [1.82, 2.24) is 15.5 Å². The quantitative estimate of drug-likeness (QED) is 0.678. The van der Waals surface area contributed by atoms with Gasteiger partial charge in [-0.15, -0.1) is 12.4 Å². The van der Waals surface area contributed by atoms with Crippen LogP contribution in [0.5, 0.6) is 0 Å². The smallest absolute Gasteiger partial charge is 0.321 e. The first kappa shape index (κ1) is 19.4. The molecule has 0 heterocycles. The van der Waals surface area contributed by atoms with E-state index in [0.29, 0.717) is 13.1 Å². The number of rotatable bonds is 7. The lowest BCUT2D eigenvalue weighted by atomic mass is 10.1. The highest BCUT2D eigenvalue weighted by Crippen LogP contribution is 2.01. The fourth-order valence-corrected chi connectivity index (χ4v) is 1.82. The molecule has 1 aromatic rings. The van der Waals surface area contributed by atoms with Gasteiger partial charge in [-0.05, 0) is 12.0 Å². The van der Waals surface area contributed by atoms with Gasteiger partial charge in [-0.3, -0.25) is 15.0 Å². The van der Waals surface area contributed by atoms with Crippen molar-refractivity contribution in [2.45, 2.75) is 6.42 Å². The highest BCUT2D eigenvalue weighted by Gasteiger charge is 2.12. The maximum Gasteiger partial charge on any atom is 0.321 e. The van der Waals surface area contributed by atoms with Gasteiger partial charge in [-0.2, -0.15) is 0 Å². The van der Waals surface area contributed by atoms with Crippen molar-refractivity contribution in [2.24, 2.45) is 5.73 Å². The maximum absolute atomic E-state index is 11.7. The van der Waals surface area contributed by atoms with Gasteiger partial charge in [0.15, 0.2) is 0 Å². The van der Waals surface area contributed by atoms with Crippen molar-refractivity contribution in [2.75, 3.05) is 33.2 Å². The summed E-state index contributed by atoms with van der Waals surface area (Å²) in [6.45, 7) is 1.98. The summed E-state index contributed by atoms with van der Waals surface area (Å²) in [6, 6.07) is 9.54. The van der Waals surface area contributed by atoms with E-state index in [9.17, 15) is 9.59 Å². The molecule has 0 spiro atoms. The number of nitrogens with zero attached hydrogens (tertiary/aromatic N) is 1. The number of nitrogens with two attached hydrogens (primary N) is 1. The molecular formula is C14H23ClN4O2. The Morgan fingerprint density at radius 3 is 2.43 bits per heavy atom. The Morgan fingerprint density at radius 1 is 1.19 bits per heavy atom. The van der Waals surface area contributed by atoms with Gasteiger partial charge in [-0.1, -0.05) is 30.3 Å². The molecule has 1 rings (SSSR count). The van der Waals surface area contributed by atoms with Crippen LogP contribution in [0.4, 0.5) is 4.79 Å². The van der Waals surface area contributed by atoms with Crippen molar-refractivity contribution in [3.8, 4) is 0 Å². The van der Waals surface area contributed by atoms with Crippen LogP contribution in [0, 0.1) is 0 Å². The van der Waals surface area contributed by atoms with Crippen molar-refractivity contribution in [3.05, 3.63) is 35.9 Å². The minimum Gasteiger partial charge on any atom is -0.341 e. The van der Waals surface area contributed by atoms with Gasteiger partial charge >= 0.3 is 6.03 Å². The van der Waals surface area contributed by atoms with E-state index in [1.165, 1.54) is 12.6 Å². The second-order valence-electron chi connectivity index (χ2n) is 4.43. The van der Waals surface area contributed by atoms with E-state index in [1.807, 2.05) is 35.2 Å². The standard InChI is InChI=1S/C14H22N4O2.ClH/c1-16-14(20)17-13(19)11-18(10-8-15)9-7-12-5-3-2-4-6-12;/h2-6H,7-11,15H2,1H3,(H2,16,17,19,20);1H. The van der Waals surface area contributed by atoms with Crippen LogP contribution in [0.1, 0.15) is 5.56 Å². The van der Waals surface area contributed by atoms with Gasteiger partial charge in [0, 0.05) is 26.7 Å². The summed E-state index contributed by atoms with van der Waals surface area (Å²) in [5.41, 5.74) is 6.76. The molecule has 4 N–H and O–H groups in total. The second-order valence-corrected chi connectivity index (χ2v) is 4.43. The minimum atomic E-state index is -0.495. The molecule has 0 saturated carbocycles. The summed E-state index contributed by atoms with van der Waals surface area (Å²) in [6.07, 6.45) is 0.841. The Bertz CT molecular complexity index is 428. The molecule has 0 aliphatic rings. The van der Waals surface area contributed by atoms with Gasteiger partial charge in [0.1, 0.15) is 0 Å². The average molecular weight is 315 g/mol. The summed E-state index contributed by atoms with van der Waals surface area (Å²) >= 11 is 0. The Kier molecular flexibility index (Phi) is 10.2. The molecule has 118 valence electrons. The van der Waals surface area contributed by atoms with Crippen LogP contribution in [0.15, 0.2) is 30.3 Å². The SMILES string of the molecule is CNC(=O)NC(=O)CN(CCN)CCc1ccccc1.Cl. The molecule has 1 aromatic carbocycles. The lowest BCUT2D eigenvalue weighted by Crippen LogP contribution is -2.45. The molecule has 0 bridgehead atoms. The third-order valence-corrected chi connectivity index (χ3v) is 2.85. The molecular weight excluding hydrogens is 292 g/mol. The van der Waals surface area contributed by atoms with E-state index in [4.69, 9.17) is 5.73 Å². The molecule has 0 aromatic heterocycles. The van der Waals surface area contributed by atoms with E-state index in [1.54, 1.807) is 0 Å². The molecule has 0 atom stereocenters. The predicted molar refractivity (Wildman–Crippen MR) is 85.5 cm³/mol. The lowest BCUT2D eigenvalue weighted by Gasteiger charge is -2.20. The van der Waals surface area contributed by atoms with Gasteiger partial charge in [0.2, 0.25) is 5.91 Å². The zero-order valence-corrected chi connectivity index (χ0v) is 13.0. The summed E-state index contributed by atoms with van der Waals surface area (Å²) in [5.74, 6) is -0.328. The molecule has 21 heavy (non-hydrogen) atoms. The number of hydrogen-bond acceptors (Lipinski definition) is 4. The van der Waals surface area contributed by atoms with E-state index < -0.39 is 6.03 Å². The summed E-state index contributed by atoms with van der Waals surface area (Å²) < 4.78 is 0. The van der Waals surface area contributed by atoms with Crippen molar-refractivity contribution < 1.29 is 9.59 Å². The van der Waals surface area contributed by atoms with Crippen LogP contribution in [-0.4, -0.2) is 50.1 Å². The Labute approximate surface area is 131 Å². The topological polar surface area (TPSA) is 87.5 Å². The number of halogens is 1. The minimum absolute atomic E-state index is 0. The number of nitrogens with one attached hydrogen (secondary N) is 2. The first-order chi connectivity index (χ1) is 9.65. The molecule has 7 heteroatoms. The highest BCUT2D eigenvalue weighted by atomic mass is 35.5. The first-order valence-electron chi connectivity index (χ1n) is 6.63. The molecule has 0 unspecified atom stereocenters. The Hall–Kier alpha value is -1.63. The van der Waals surface area contributed by atoms with Crippen molar-refractivity contribution in [3.63, 3.8) is 0 Å². The third-order valence-electron chi connectivity index (χ3n) is 2.85. The normalized spacial score (nSPS) is 9.86. The molecule has 0 fully saturated rings. The van der Waals surface area contributed by atoms with Crippen LogP contribution in [0.25, 0.3) is 0 Å². The van der Waals surface area contributed by atoms with Crippen LogP contribution in [0.3, 0.4) is 0 Å². The Morgan fingerprint density at radius 2 is 1.86 bits per heavy atom. The molecule has 0 aliphatic heterocycles. The Balaban J connectivity index is 0.00000400. The number of hydrogen-bond donors (Lipinski definition) is 3. The first-order valence-corrected chi connectivity index (χ1v) is 6.63. The van der Waals surface area contributed by atoms with Crippen LogP contribution < -0.4 is 16.4 Å². The zero-order valence-electron chi connectivity index (χ0n) is 12.2.